The van der Waals surface area contributed by atoms with E-state index in [0.717, 1.165) is 4.90 Å². The fraction of sp³-hybridized carbons (Fsp3) is 0.722. The van der Waals surface area contributed by atoms with Crippen LogP contribution in [0.25, 0.3) is 0 Å². The van der Waals surface area contributed by atoms with Gasteiger partial charge >= 0.3 is 0 Å². The van der Waals surface area contributed by atoms with E-state index in [9.17, 15) is 14.4 Å². The molecular weight excluding hydrogens is 340 g/mol. The Balaban J connectivity index is 1.54. The van der Waals surface area contributed by atoms with E-state index in [1.54, 1.807) is 7.11 Å². The topological polar surface area (TPSA) is 94.2 Å². The van der Waals surface area contributed by atoms with Gasteiger partial charge in [-0.25, -0.2) is 0 Å². The van der Waals surface area contributed by atoms with Gasteiger partial charge in [-0.05, 0) is 19.3 Å². The number of likely N-dealkylation sites (tertiary alicyclic amines) is 1. The van der Waals surface area contributed by atoms with Crippen LogP contribution in [0, 0.1) is 11.8 Å². The van der Waals surface area contributed by atoms with E-state index in [-0.39, 0.29) is 36.1 Å². The number of hydrogen-bond acceptors (Lipinski definition) is 6. The average molecular weight is 368 g/mol. The summed E-state index contributed by atoms with van der Waals surface area (Å²) in [4.78, 5) is 37.6. The summed E-state index contributed by atoms with van der Waals surface area (Å²) in [7, 11) is 1.62. The standard InChI is InChI=1S/C18H28N2O6/c1-24-9-10-26-12-11-25-8-4-7-19-16(21)13-20-17(22)14-5-2-3-6-15(14)18(20)23/h2-3,14-15H,4-13H2,1H3,(H,19,21)/t14-,15-/m0/s1. The van der Waals surface area contributed by atoms with Gasteiger partial charge in [0, 0.05) is 20.3 Å². The molecule has 1 saturated heterocycles. The lowest BCUT2D eigenvalue weighted by Gasteiger charge is -2.14. The number of allylic oxidation sites excluding steroid dienone is 2. The lowest BCUT2D eigenvalue weighted by Crippen LogP contribution is -2.41. The van der Waals surface area contributed by atoms with Crippen molar-refractivity contribution in [3.63, 3.8) is 0 Å². The molecule has 0 bridgehead atoms. The number of fused-ring (bicyclic) bond motifs is 1. The molecule has 0 radical (unpaired) electrons. The molecule has 1 aliphatic heterocycles. The fourth-order valence-electron chi connectivity index (χ4n) is 3.09. The van der Waals surface area contributed by atoms with Crippen LogP contribution in [0.4, 0.5) is 0 Å². The number of nitrogens with zero attached hydrogens (tertiary/aromatic N) is 1. The van der Waals surface area contributed by atoms with Crippen molar-refractivity contribution in [2.45, 2.75) is 19.3 Å². The first-order valence-electron chi connectivity index (χ1n) is 9.06. The molecule has 146 valence electrons. The summed E-state index contributed by atoms with van der Waals surface area (Å²) in [6, 6.07) is 0. The van der Waals surface area contributed by atoms with Crippen LogP contribution in [0.5, 0.6) is 0 Å². The van der Waals surface area contributed by atoms with Crippen LogP contribution in [-0.2, 0) is 28.6 Å². The van der Waals surface area contributed by atoms with Crippen molar-refractivity contribution < 1.29 is 28.6 Å². The highest BCUT2D eigenvalue weighted by molar-refractivity contribution is 6.07. The second-order valence-corrected chi connectivity index (χ2v) is 6.34. The van der Waals surface area contributed by atoms with Gasteiger partial charge in [0.1, 0.15) is 6.54 Å². The Morgan fingerprint density at radius 1 is 1.04 bits per heavy atom. The van der Waals surface area contributed by atoms with Gasteiger partial charge in [-0.1, -0.05) is 12.2 Å². The van der Waals surface area contributed by atoms with Crippen molar-refractivity contribution in [1.29, 1.82) is 0 Å². The van der Waals surface area contributed by atoms with E-state index in [2.05, 4.69) is 5.32 Å². The number of hydrogen-bond donors (Lipinski definition) is 1. The molecular formula is C18H28N2O6. The van der Waals surface area contributed by atoms with Crippen molar-refractivity contribution in [3.05, 3.63) is 12.2 Å². The van der Waals surface area contributed by atoms with E-state index in [4.69, 9.17) is 14.2 Å². The minimum Gasteiger partial charge on any atom is -0.382 e. The first-order chi connectivity index (χ1) is 12.6. The first-order valence-corrected chi connectivity index (χ1v) is 9.06. The smallest absolute Gasteiger partial charge is 0.240 e. The summed E-state index contributed by atoms with van der Waals surface area (Å²) in [6.07, 6.45) is 5.68. The number of carbonyl (C=O) groups excluding carboxylic acids is 3. The lowest BCUT2D eigenvalue weighted by atomic mass is 9.85. The molecule has 0 aromatic carbocycles. The summed E-state index contributed by atoms with van der Waals surface area (Å²) in [6.45, 7) is 2.85. The predicted molar refractivity (Wildman–Crippen MR) is 93.2 cm³/mol. The van der Waals surface area contributed by atoms with E-state index >= 15 is 0 Å². The molecule has 0 unspecified atom stereocenters. The van der Waals surface area contributed by atoms with Crippen LogP contribution in [0.3, 0.4) is 0 Å². The number of amides is 3. The number of nitrogens with one attached hydrogen (secondary N) is 1. The predicted octanol–water partition coefficient (Wildman–Crippen LogP) is 0.124. The van der Waals surface area contributed by atoms with Crippen molar-refractivity contribution in [3.8, 4) is 0 Å². The van der Waals surface area contributed by atoms with Crippen LogP contribution in [0.1, 0.15) is 19.3 Å². The molecule has 0 spiro atoms. The molecule has 26 heavy (non-hydrogen) atoms. The van der Waals surface area contributed by atoms with Crippen LogP contribution in [-0.4, -0.2) is 75.9 Å². The van der Waals surface area contributed by atoms with Crippen molar-refractivity contribution in [1.82, 2.24) is 10.2 Å². The highest BCUT2D eigenvalue weighted by atomic mass is 16.5. The molecule has 8 heteroatoms. The van der Waals surface area contributed by atoms with Gasteiger partial charge in [-0.3, -0.25) is 19.3 Å². The molecule has 0 aromatic heterocycles. The Morgan fingerprint density at radius 3 is 2.23 bits per heavy atom. The minimum atomic E-state index is -0.318. The molecule has 8 nitrogen and oxygen atoms in total. The maximum atomic E-state index is 12.3. The molecule has 0 aromatic rings. The molecule has 1 fully saturated rings. The van der Waals surface area contributed by atoms with Crippen molar-refractivity contribution >= 4 is 17.7 Å². The fourth-order valence-corrected chi connectivity index (χ4v) is 3.09. The number of imide groups is 1. The number of methoxy groups -OCH3 is 1. The molecule has 2 aliphatic rings. The van der Waals surface area contributed by atoms with E-state index in [0.29, 0.717) is 58.8 Å². The van der Waals surface area contributed by atoms with Gasteiger partial charge in [0.2, 0.25) is 17.7 Å². The monoisotopic (exact) mass is 368 g/mol. The summed E-state index contributed by atoms with van der Waals surface area (Å²) in [5.41, 5.74) is 0. The normalized spacial score (nSPS) is 22.0. The zero-order valence-electron chi connectivity index (χ0n) is 15.3. The number of rotatable bonds is 12. The molecule has 2 rings (SSSR count). The van der Waals surface area contributed by atoms with Gasteiger partial charge in [0.15, 0.2) is 0 Å². The average Bonchev–Trinajstić information content (AvgIpc) is 2.88. The van der Waals surface area contributed by atoms with E-state index in [1.165, 1.54) is 0 Å². The lowest BCUT2D eigenvalue weighted by molar-refractivity contribution is -0.143. The first kappa shape index (κ1) is 20.5. The Bertz CT molecular complexity index is 496. The molecule has 2 atom stereocenters. The van der Waals surface area contributed by atoms with Crippen molar-refractivity contribution in [2.75, 3.05) is 53.2 Å². The second-order valence-electron chi connectivity index (χ2n) is 6.34. The maximum Gasteiger partial charge on any atom is 0.240 e. The van der Waals surface area contributed by atoms with Gasteiger partial charge in [0.05, 0.1) is 38.3 Å². The summed E-state index contributed by atoms with van der Waals surface area (Å²) in [5.74, 6) is -1.35. The number of carbonyl (C=O) groups is 3. The molecule has 1 aliphatic carbocycles. The zero-order valence-corrected chi connectivity index (χ0v) is 15.3. The van der Waals surface area contributed by atoms with Gasteiger partial charge in [-0.15, -0.1) is 0 Å². The third-order valence-corrected chi connectivity index (χ3v) is 4.49. The Morgan fingerprint density at radius 2 is 1.62 bits per heavy atom. The summed E-state index contributed by atoms with van der Waals surface area (Å²) < 4.78 is 15.5. The largest absolute Gasteiger partial charge is 0.382 e. The highest BCUT2D eigenvalue weighted by Crippen LogP contribution is 2.34. The second kappa shape index (κ2) is 11.1. The van der Waals surface area contributed by atoms with Gasteiger partial charge < -0.3 is 19.5 Å². The Kier molecular flexibility index (Phi) is 8.73. The van der Waals surface area contributed by atoms with E-state index in [1.807, 2.05) is 12.2 Å². The van der Waals surface area contributed by atoms with Crippen LogP contribution >= 0.6 is 0 Å². The molecule has 1 heterocycles. The minimum absolute atomic E-state index is 0.196. The van der Waals surface area contributed by atoms with E-state index < -0.39 is 0 Å². The highest BCUT2D eigenvalue weighted by Gasteiger charge is 2.47. The summed E-state index contributed by atoms with van der Waals surface area (Å²) >= 11 is 0. The van der Waals surface area contributed by atoms with Crippen LogP contribution < -0.4 is 5.32 Å². The number of ether oxygens (including phenoxy) is 3. The molecule has 0 saturated carbocycles. The van der Waals surface area contributed by atoms with Crippen molar-refractivity contribution in [2.24, 2.45) is 11.8 Å². The SMILES string of the molecule is COCCOCCOCCCNC(=O)CN1C(=O)[C@H]2CC=CC[C@@H]2C1=O. The third kappa shape index (κ3) is 5.89. The Labute approximate surface area is 153 Å². The quantitative estimate of drug-likeness (QED) is 0.299. The zero-order chi connectivity index (χ0) is 18.8. The maximum absolute atomic E-state index is 12.3. The Hall–Kier alpha value is -1.77. The summed E-state index contributed by atoms with van der Waals surface area (Å²) in [5, 5.41) is 2.72. The van der Waals surface area contributed by atoms with Crippen LogP contribution in [0.15, 0.2) is 12.2 Å². The van der Waals surface area contributed by atoms with Gasteiger partial charge in [0.25, 0.3) is 0 Å². The van der Waals surface area contributed by atoms with Gasteiger partial charge in [-0.2, -0.15) is 0 Å². The van der Waals surface area contributed by atoms with Crippen LogP contribution in [0.2, 0.25) is 0 Å². The third-order valence-electron chi connectivity index (χ3n) is 4.49. The molecule has 3 amide bonds. The molecule has 1 N–H and O–H groups in total.